The van der Waals surface area contributed by atoms with Crippen molar-refractivity contribution in [3.05, 3.63) is 158 Å². The van der Waals surface area contributed by atoms with Crippen LogP contribution >= 0.6 is 0 Å². The minimum atomic E-state index is -6.22. The predicted octanol–water partition coefficient (Wildman–Crippen LogP) is 12.2. The molecule has 0 amide bonds. The number of alkyl halides is 14. The number of benzene rings is 4. The Hall–Kier alpha value is -6.65. The number of aryl methyl sites for hydroxylation is 4. The highest BCUT2D eigenvalue weighted by atomic mass is 19.4. The zero-order valence-corrected chi connectivity index (χ0v) is 33.9. The van der Waals surface area contributed by atoms with Crippen LogP contribution in [0, 0.1) is 44.2 Å². The monoisotopic (exact) mass is 927 g/mol. The van der Waals surface area contributed by atoms with Gasteiger partial charge >= 0.3 is 36.0 Å². The van der Waals surface area contributed by atoms with Crippen molar-refractivity contribution in [3.8, 4) is 6.07 Å². The highest BCUT2D eigenvalue weighted by molar-refractivity contribution is 6.01. The maximum absolute atomic E-state index is 14.4. The molecule has 342 valence electrons. The van der Waals surface area contributed by atoms with Gasteiger partial charge in [-0.2, -0.15) is 62.7 Å². The van der Waals surface area contributed by atoms with E-state index in [0.29, 0.717) is 50.8 Å². The Morgan fingerprint density at radius 2 is 0.969 bits per heavy atom. The van der Waals surface area contributed by atoms with Gasteiger partial charge in [0.05, 0.1) is 5.52 Å². The summed E-state index contributed by atoms with van der Waals surface area (Å²) in [4.78, 5) is 29.6. The van der Waals surface area contributed by atoms with E-state index < -0.39 is 58.7 Å². The molecule has 6 nitrogen and oxygen atoms in total. The van der Waals surface area contributed by atoms with Crippen molar-refractivity contribution in [1.29, 1.82) is 5.26 Å². The first-order valence-electron chi connectivity index (χ1n) is 18.7. The molecule has 0 unspecified atom stereocenters. The molecule has 0 N–H and O–H groups in total. The Kier molecular flexibility index (Phi) is 13.2. The number of ketones is 2. The maximum Gasteiger partial charge on any atom is 0.435 e. The second kappa shape index (κ2) is 17.4. The summed E-state index contributed by atoms with van der Waals surface area (Å²) < 4.78 is 186. The lowest BCUT2D eigenvalue weighted by molar-refractivity contribution is -0.577. The Morgan fingerprint density at radius 1 is 0.569 bits per heavy atom. The molecule has 6 rings (SSSR count). The van der Waals surface area contributed by atoms with Crippen LogP contribution in [0.25, 0.3) is 21.8 Å². The summed E-state index contributed by atoms with van der Waals surface area (Å²) in [5.41, 5.74) is -12.7. The summed E-state index contributed by atoms with van der Waals surface area (Å²) in [6.07, 6.45) is -24.2. The number of rotatable bonds is 8. The molecule has 0 aliphatic rings. The zero-order chi connectivity index (χ0) is 48.8. The predicted molar refractivity (Wildman–Crippen MR) is 207 cm³/mol. The number of pyridine rings is 2. The van der Waals surface area contributed by atoms with Crippen LogP contribution in [0.1, 0.15) is 70.9 Å². The van der Waals surface area contributed by atoms with Gasteiger partial charge in [-0.3, -0.25) is 9.59 Å². The van der Waals surface area contributed by atoms with Crippen LogP contribution in [-0.2, 0) is 24.2 Å². The van der Waals surface area contributed by atoms with Crippen molar-refractivity contribution in [2.24, 2.45) is 0 Å². The van der Waals surface area contributed by atoms with Crippen LogP contribution in [-0.4, -0.2) is 41.3 Å². The van der Waals surface area contributed by atoms with Gasteiger partial charge in [0.1, 0.15) is 11.8 Å². The summed E-state index contributed by atoms with van der Waals surface area (Å²) in [5, 5.41) is 21.7. The number of carbonyl (C=O) groups excluding carboxylic acids is 2. The molecule has 0 spiro atoms. The molecule has 0 fully saturated rings. The SMILES string of the molecule is Cc1cc(C(F)(C(F)(F)F)C(F)(F)F)cc(C)c1CC(=O)c1ccc2c(ccc[n+]2[O-])c1.Cc1cc(C(F)(C(F)(F)F)C(F)(F)F)cc(C)c1CC(=O)c1ccc2nc(C#N)ccc2c1. The summed E-state index contributed by atoms with van der Waals surface area (Å²) in [6, 6.07) is 18.7. The fourth-order valence-corrected chi connectivity index (χ4v) is 7.17. The van der Waals surface area contributed by atoms with E-state index in [1.807, 2.05) is 6.07 Å². The van der Waals surface area contributed by atoms with E-state index in [-0.39, 0.29) is 63.0 Å². The van der Waals surface area contributed by atoms with Gasteiger partial charge in [-0.05, 0) is 110 Å². The largest absolute Gasteiger partial charge is 0.618 e. The number of nitriles is 1. The first-order chi connectivity index (χ1) is 29.8. The first kappa shape index (κ1) is 49.4. The van der Waals surface area contributed by atoms with Crippen molar-refractivity contribution in [2.45, 2.75) is 76.6 Å². The van der Waals surface area contributed by atoms with Gasteiger partial charge in [0.15, 0.2) is 17.8 Å². The molecule has 0 atom stereocenters. The van der Waals surface area contributed by atoms with Crippen molar-refractivity contribution >= 4 is 33.4 Å². The van der Waals surface area contributed by atoms with Gasteiger partial charge in [0.2, 0.25) is 5.52 Å². The van der Waals surface area contributed by atoms with E-state index in [9.17, 15) is 76.3 Å². The number of carbonyl (C=O) groups is 2. The number of halogens is 14. The molecule has 0 saturated heterocycles. The molecule has 0 aliphatic heterocycles. The second-order valence-corrected chi connectivity index (χ2v) is 15.0. The third-order valence-electron chi connectivity index (χ3n) is 10.6. The van der Waals surface area contributed by atoms with Gasteiger partial charge in [0, 0.05) is 58.0 Å². The van der Waals surface area contributed by atoms with E-state index in [0.717, 1.165) is 0 Å². The third-order valence-corrected chi connectivity index (χ3v) is 10.6. The summed E-state index contributed by atoms with van der Waals surface area (Å²) in [5.74, 6) is -0.913. The summed E-state index contributed by atoms with van der Waals surface area (Å²) in [6.45, 7) is 4.88. The lowest BCUT2D eigenvalue weighted by Gasteiger charge is -2.31. The van der Waals surface area contributed by atoms with Gasteiger partial charge in [-0.15, -0.1) is 0 Å². The molecule has 65 heavy (non-hydrogen) atoms. The molecular weight excluding hydrogens is 896 g/mol. The van der Waals surface area contributed by atoms with E-state index in [2.05, 4.69) is 4.98 Å². The smallest absolute Gasteiger partial charge is 0.435 e. The lowest BCUT2D eigenvalue weighted by Crippen LogP contribution is -2.50. The van der Waals surface area contributed by atoms with E-state index in [1.165, 1.54) is 82.4 Å². The number of fused-ring (bicyclic) bond motifs is 2. The van der Waals surface area contributed by atoms with Crippen LogP contribution in [0.2, 0.25) is 0 Å². The van der Waals surface area contributed by atoms with Crippen molar-refractivity contribution in [2.75, 3.05) is 0 Å². The molecule has 20 heteroatoms. The van der Waals surface area contributed by atoms with Crippen LogP contribution in [0.4, 0.5) is 61.5 Å². The Labute approximate surface area is 359 Å². The van der Waals surface area contributed by atoms with Gasteiger partial charge < -0.3 is 5.21 Å². The quantitative estimate of drug-likeness (QED) is 0.0655. The van der Waals surface area contributed by atoms with Crippen LogP contribution in [0.5, 0.6) is 0 Å². The number of aromatic nitrogens is 2. The Morgan fingerprint density at radius 3 is 1.37 bits per heavy atom. The normalized spacial score (nSPS) is 12.8. The summed E-state index contributed by atoms with van der Waals surface area (Å²) in [7, 11) is 0. The van der Waals surface area contributed by atoms with Crippen molar-refractivity contribution in [1.82, 2.24) is 4.98 Å². The maximum atomic E-state index is 14.4. The fourth-order valence-electron chi connectivity index (χ4n) is 7.17. The van der Waals surface area contributed by atoms with Crippen LogP contribution < -0.4 is 4.73 Å². The minimum Gasteiger partial charge on any atom is -0.618 e. The fraction of sp³-hybridized carbons (Fsp3) is 0.267. The highest BCUT2D eigenvalue weighted by Gasteiger charge is 2.74. The van der Waals surface area contributed by atoms with E-state index in [1.54, 1.807) is 12.1 Å². The van der Waals surface area contributed by atoms with Crippen molar-refractivity contribution in [3.63, 3.8) is 0 Å². The van der Waals surface area contributed by atoms with Gasteiger partial charge in [0.25, 0.3) is 0 Å². The molecule has 0 radical (unpaired) electrons. The zero-order valence-electron chi connectivity index (χ0n) is 33.9. The summed E-state index contributed by atoms with van der Waals surface area (Å²) >= 11 is 0. The lowest BCUT2D eigenvalue weighted by atomic mass is 9.87. The molecule has 6 aromatic rings. The Bertz CT molecular complexity index is 2800. The molecule has 4 aromatic carbocycles. The molecule has 2 aromatic heterocycles. The molecule has 0 saturated carbocycles. The van der Waals surface area contributed by atoms with E-state index >= 15 is 0 Å². The van der Waals surface area contributed by atoms with Crippen molar-refractivity contribution < 1.29 is 75.8 Å². The van der Waals surface area contributed by atoms with Gasteiger partial charge in [-0.25, -0.2) is 13.8 Å². The first-order valence-corrected chi connectivity index (χ1v) is 18.7. The van der Waals surface area contributed by atoms with Gasteiger partial charge in [-0.1, -0.05) is 24.3 Å². The average molecular weight is 928 g/mol. The Balaban J connectivity index is 0.000000244. The number of nitrogens with zero attached hydrogens (tertiary/aromatic N) is 3. The number of hydrogen-bond donors (Lipinski definition) is 0. The molecule has 0 aliphatic carbocycles. The second-order valence-electron chi connectivity index (χ2n) is 15.0. The molecule has 0 bridgehead atoms. The van der Waals surface area contributed by atoms with E-state index in [4.69, 9.17) is 5.26 Å². The molecule has 2 heterocycles. The standard InChI is InChI=1S/C23H15F7N2O.C22H16F7NO2/c1-12-7-16(21(24,22(25,26)27)23(28,29)30)8-13(2)18(12)10-20(33)15-4-6-19-14(9-15)3-5-17(11-31)32-19;1-12-8-16(20(23,21(24,25)26)22(27,28)29)9-13(2)17(12)11-19(31)15-5-6-18-14(10-15)4-3-7-30(18)32/h3-9H,10H2,1-2H3;3-10H,11H2,1-2H3. The van der Waals surface area contributed by atoms with Crippen LogP contribution in [0.3, 0.4) is 0 Å². The number of hydrogen-bond acceptors (Lipinski definition) is 5. The number of Topliss-reactive ketones (excluding diaryl/α,β-unsaturated/α-hetero) is 2. The topological polar surface area (TPSA) is 97.8 Å². The highest BCUT2D eigenvalue weighted by Crippen LogP contribution is 2.55. The minimum absolute atomic E-state index is 0.0741. The third kappa shape index (κ3) is 9.45. The van der Waals surface area contributed by atoms with Crippen LogP contribution in [0.15, 0.2) is 91.1 Å². The molecular formula is C45H31F14N3O3. The average Bonchev–Trinajstić information content (AvgIpc) is 3.20.